The standard InChI is InChI=1S/C23H17Cl2FN2O3/c24-16-7-8-27-22(25)19(16)21(29)15-10-28(18-6-3-12(23(30)31)9-17(18)26)20-13-4-1-11(13)2-5-14(15)20/h3,6-11,13H,1-2,4-5H2,(H,30,31). The molecule has 158 valence electrons. The molecule has 1 fully saturated rings. The molecule has 2 atom stereocenters. The second-order valence-corrected chi connectivity index (χ2v) is 8.78. The van der Waals surface area contributed by atoms with Gasteiger partial charge in [-0.2, -0.15) is 0 Å². The van der Waals surface area contributed by atoms with Crippen LogP contribution in [0.3, 0.4) is 0 Å². The van der Waals surface area contributed by atoms with E-state index in [2.05, 4.69) is 4.98 Å². The van der Waals surface area contributed by atoms with E-state index < -0.39 is 11.8 Å². The highest BCUT2D eigenvalue weighted by Crippen LogP contribution is 2.51. The highest BCUT2D eigenvalue weighted by Gasteiger charge is 2.41. The molecule has 3 aromatic rings. The van der Waals surface area contributed by atoms with Gasteiger partial charge in [0, 0.05) is 29.6 Å². The summed E-state index contributed by atoms with van der Waals surface area (Å²) in [4.78, 5) is 28.6. The minimum absolute atomic E-state index is 0.0216. The van der Waals surface area contributed by atoms with E-state index in [1.165, 1.54) is 24.4 Å². The predicted molar refractivity (Wildman–Crippen MR) is 114 cm³/mol. The minimum atomic E-state index is -1.20. The maximum atomic E-state index is 14.9. The van der Waals surface area contributed by atoms with Crippen LogP contribution in [0.4, 0.5) is 4.39 Å². The summed E-state index contributed by atoms with van der Waals surface area (Å²) >= 11 is 12.4. The number of benzene rings is 1. The first-order valence-electron chi connectivity index (χ1n) is 9.99. The number of carbonyl (C=O) groups excluding carboxylic acids is 1. The quantitative estimate of drug-likeness (QED) is 0.402. The number of pyridine rings is 1. The molecule has 2 aliphatic carbocycles. The Hall–Kier alpha value is -2.70. The summed E-state index contributed by atoms with van der Waals surface area (Å²) in [5.74, 6) is -1.45. The lowest BCUT2D eigenvalue weighted by Gasteiger charge is -2.41. The molecule has 0 saturated heterocycles. The maximum Gasteiger partial charge on any atom is 0.335 e. The molecule has 0 bridgehead atoms. The smallest absolute Gasteiger partial charge is 0.335 e. The fraction of sp³-hybridized carbons (Fsp3) is 0.261. The zero-order chi connectivity index (χ0) is 21.9. The molecule has 2 heterocycles. The summed E-state index contributed by atoms with van der Waals surface area (Å²) in [7, 11) is 0. The van der Waals surface area contributed by atoms with Gasteiger partial charge in [-0.05, 0) is 61.4 Å². The van der Waals surface area contributed by atoms with Gasteiger partial charge >= 0.3 is 5.97 Å². The van der Waals surface area contributed by atoms with Gasteiger partial charge < -0.3 is 9.67 Å². The minimum Gasteiger partial charge on any atom is -0.478 e. The number of hydrogen-bond donors (Lipinski definition) is 1. The lowest BCUT2D eigenvalue weighted by Crippen LogP contribution is -2.31. The van der Waals surface area contributed by atoms with Crippen molar-refractivity contribution in [2.75, 3.05) is 0 Å². The van der Waals surface area contributed by atoms with Crippen molar-refractivity contribution in [2.24, 2.45) is 5.92 Å². The topological polar surface area (TPSA) is 72.2 Å². The second-order valence-electron chi connectivity index (χ2n) is 8.02. The fourth-order valence-corrected chi connectivity index (χ4v) is 5.34. The largest absolute Gasteiger partial charge is 0.478 e. The number of halogens is 3. The molecule has 31 heavy (non-hydrogen) atoms. The summed E-state index contributed by atoms with van der Waals surface area (Å²) in [5, 5.41) is 9.39. The van der Waals surface area contributed by atoms with Gasteiger partial charge in [-0.1, -0.05) is 23.2 Å². The van der Waals surface area contributed by atoms with E-state index in [1.807, 2.05) is 0 Å². The third-order valence-corrected chi connectivity index (χ3v) is 7.07. The average Bonchev–Trinajstić information content (AvgIpc) is 3.06. The van der Waals surface area contributed by atoms with Crippen LogP contribution in [0.25, 0.3) is 5.69 Å². The highest BCUT2D eigenvalue weighted by atomic mass is 35.5. The Morgan fingerprint density at radius 2 is 1.97 bits per heavy atom. The maximum absolute atomic E-state index is 14.9. The Kier molecular flexibility index (Phi) is 4.87. The van der Waals surface area contributed by atoms with Gasteiger partial charge in [0.15, 0.2) is 5.78 Å². The summed E-state index contributed by atoms with van der Waals surface area (Å²) in [6, 6.07) is 5.32. The number of ketones is 1. The number of nitrogens with zero attached hydrogens (tertiary/aromatic N) is 2. The van der Waals surface area contributed by atoms with E-state index >= 15 is 0 Å². The lowest BCUT2D eigenvalue weighted by atomic mass is 9.65. The van der Waals surface area contributed by atoms with Crippen LogP contribution in [0.1, 0.15) is 62.7 Å². The van der Waals surface area contributed by atoms with E-state index in [1.54, 1.807) is 10.8 Å². The molecule has 5 rings (SSSR count). The number of rotatable bonds is 4. The number of aromatic nitrogens is 2. The van der Waals surface area contributed by atoms with Gasteiger partial charge in [0.05, 0.1) is 21.8 Å². The SMILES string of the molecule is O=C(O)c1ccc(-n2cc(C(=O)c3c(Cl)ccnc3Cl)c3c2C2CCC2CC3)c(F)c1. The first kappa shape index (κ1) is 20.2. The first-order valence-corrected chi connectivity index (χ1v) is 10.7. The van der Waals surface area contributed by atoms with Crippen molar-refractivity contribution in [2.45, 2.75) is 31.6 Å². The van der Waals surface area contributed by atoms with Gasteiger partial charge in [0.25, 0.3) is 0 Å². The number of carboxylic acid groups (broad SMARTS) is 1. The van der Waals surface area contributed by atoms with E-state index in [9.17, 15) is 14.0 Å². The monoisotopic (exact) mass is 458 g/mol. The molecule has 1 aromatic carbocycles. The summed E-state index contributed by atoms with van der Waals surface area (Å²) in [5.41, 5.74) is 2.44. The summed E-state index contributed by atoms with van der Waals surface area (Å²) in [6.07, 6.45) is 6.82. The lowest BCUT2D eigenvalue weighted by molar-refractivity contribution is 0.0696. The van der Waals surface area contributed by atoms with Gasteiger partial charge in [0.2, 0.25) is 0 Å². The average molecular weight is 459 g/mol. The zero-order valence-corrected chi connectivity index (χ0v) is 17.8. The van der Waals surface area contributed by atoms with Crippen LogP contribution in [0.5, 0.6) is 0 Å². The van der Waals surface area contributed by atoms with Crippen LogP contribution in [0, 0.1) is 11.7 Å². The molecule has 0 aliphatic heterocycles. The third kappa shape index (κ3) is 3.17. The predicted octanol–water partition coefficient (Wildman–Crippen LogP) is 5.69. The van der Waals surface area contributed by atoms with Crippen LogP contribution in [0.15, 0.2) is 36.7 Å². The van der Waals surface area contributed by atoms with Gasteiger partial charge in [0.1, 0.15) is 11.0 Å². The molecule has 1 N–H and O–H groups in total. The number of hydrogen-bond acceptors (Lipinski definition) is 3. The molecule has 8 heteroatoms. The number of carbonyl (C=O) groups is 2. The Morgan fingerprint density at radius 3 is 2.61 bits per heavy atom. The summed E-state index contributed by atoms with van der Waals surface area (Å²) < 4.78 is 16.7. The Bertz CT molecular complexity index is 1230. The van der Waals surface area contributed by atoms with Crippen LogP contribution in [0.2, 0.25) is 10.2 Å². The third-order valence-electron chi connectivity index (χ3n) is 6.47. The zero-order valence-electron chi connectivity index (χ0n) is 16.2. The molecule has 2 aliphatic rings. The van der Waals surface area contributed by atoms with Crippen molar-refractivity contribution < 1.29 is 19.1 Å². The van der Waals surface area contributed by atoms with E-state index in [0.29, 0.717) is 17.9 Å². The van der Waals surface area contributed by atoms with Crippen molar-refractivity contribution in [3.05, 3.63) is 80.6 Å². The normalized spacial score (nSPS) is 19.3. The van der Waals surface area contributed by atoms with Crippen molar-refractivity contribution >= 4 is 35.0 Å². The second kappa shape index (κ2) is 7.46. The van der Waals surface area contributed by atoms with E-state index in [0.717, 1.165) is 36.6 Å². The van der Waals surface area contributed by atoms with Crippen molar-refractivity contribution in [3.63, 3.8) is 0 Å². The van der Waals surface area contributed by atoms with Crippen LogP contribution in [-0.2, 0) is 6.42 Å². The van der Waals surface area contributed by atoms with Crippen molar-refractivity contribution in [1.29, 1.82) is 0 Å². The fourth-order valence-electron chi connectivity index (χ4n) is 4.81. The van der Waals surface area contributed by atoms with Crippen LogP contribution in [-0.4, -0.2) is 26.4 Å². The number of aromatic carboxylic acids is 1. The molecule has 0 amide bonds. The molecule has 5 nitrogen and oxygen atoms in total. The molecule has 1 saturated carbocycles. The summed E-state index contributed by atoms with van der Waals surface area (Å²) in [6.45, 7) is 0. The van der Waals surface area contributed by atoms with Crippen molar-refractivity contribution in [3.8, 4) is 5.69 Å². The number of carboxylic acids is 1. The molecular weight excluding hydrogens is 442 g/mol. The van der Waals surface area contributed by atoms with Crippen LogP contribution < -0.4 is 0 Å². The molecule has 2 aromatic heterocycles. The Morgan fingerprint density at radius 1 is 1.16 bits per heavy atom. The van der Waals surface area contributed by atoms with Gasteiger partial charge in [-0.15, -0.1) is 0 Å². The van der Waals surface area contributed by atoms with Gasteiger partial charge in [-0.25, -0.2) is 14.2 Å². The molecule has 0 radical (unpaired) electrons. The Balaban J connectivity index is 1.70. The molecule has 2 unspecified atom stereocenters. The van der Waals surface area contributed by atoms with Crippen molar-refractivity contribution in [1.82, 2.24) is 9.55 Å². The van der Waals surface area contributed by atoms with Crippen LogP contribution >= 0.6 is 23.2 Å². The first-order chi connectivity index (χ1) is 14.9. The Labute approximate surface area is 187 Å². The molecular formula is C23H17Cl2FN2O3. The highest BCUT2D eigenvalue weighted by molar-refractivity contribution is 6.40. The van der Waals surface area contributed by atoms with Gasteiger partial charge in [-0.3, -0.25) is 4.79 Å². The van der Waals surface area contributed by atoms with E-state index in [-0.39, 0.29) is 38.7 Å². The number of fused-ring (bicyclic) bond motifs is 3. The molecule has 0 spiro atoms. The van der Waals surface area contributed by atoms with E-state index in [4.69, 9.17) is 28.3 Å².